The molecule has 0 aliphatic heterocycles. The van der Waals surface area contributed by atoms with Crippen LogP contribution in [0.1, 0.15) is 11.1 Å². The van der Waals surface area contributed by atoms with Crippen LogP contribution in [0.25, 0.3) is 10.8 Å². The molecule has 0 atom stereocenters. The maximum absolute atomic E-state index is 12.4. The van der Waals surface area contributed by atoms with Gasteiger partial charge in [0, 0.05) is 34.8 Å². The van der Waals surface area contributed by atoms with Crippen LogP contribution in [0.5, 0.6) is 0 Å². The van der Waals surface area contributed by atoms with Gasteiger partial charge in [-0.15, -0.1) is 10.2 Å². The van der Waals surface area contributed by atoms with Gasteiger partial charge in [-0.1, -0.05) is 24.8 Å². The highest BCUT2D eigenvalue weighted by Crippen LogP contribution is 2.38. The maximum Gasteiger partial charge on any atom is 0.397 e. The number of nitrogens with one attached hydrogen (secondary N) is 2. The first-order chi connectivity index (χ1) is 20.8. The van der Waals surface area contributed by atoms with Crippen molar-refractivity contribution in [1.29, 1.82) is 5.26 Å². The zero-order valence-corrected chi connectivity index (χ0v) is 26.2. The van der Waals surface area contributed by atoms with Gasteiger partial charge in [0.05, 0.1) is 17.9 Å². The molecular weight excluding hydrogens is 681 g/mol. The van der Waals surface area contributed by atoms with Crippen LogP contribution in [-0.4, -0.2) is 77.8 Å². The first kappa shape index (κ1) is 35.4. The second-order valence-corrected chi connectivity index (χ2v) is 14.7. The highest BCUT2D eigenvalue weighted by atomic mass is 32.3. The molecule has 5 N–H and O–H groups in total. The van der Waals surface area contributed by atoms with Crippen LogP contribution < -0.4 is 10.6 Å². The molecule has 0 radical (unpaired) electrons. The molecule has 1 aromatic heterocycles. The van der Waals surface area contributed by atoms with Crippen molar-refractivity contribution in [3.8, 4) is 6.07 Å². The summed E-state index contributed by atoms with van der Waals surface area (Å²) in [4.78, 5) is 2.71. The van der Waals surface area contributed by atoms with Crippen molar-refractivity contribution in [2.75, 3.05) is 36.1 Å². The third kappa shape index (κ3) is 8.99. The lowest BCUT2D eigenvalue weighted by Crippen LogP contribution is -2.17. The van der Waals surface area contributed by atoms with Gasteiger partial charge in [0.2, 0.25) is 0 Å². The van der Waals surface area contributed by atoms with Crippen LogP contribution in [0.15, 0.2) is 62.3 Å². The smallest absolute Gasteiger partial charge is 0.367 e. The van der Waals surface area contributed by atoms with E-state index in [9.17, 15) is 48.0 Å². The number of fused-ring (bicyclic) bond motifs is 1. The third-order valence-corrected chi connectivity index (χ3v) is 9.43. The molecule has 0 bridgehead atoms. The molecule has 2 aromatic carbocycles. The molecule has 3 aromatic rings. The first-order valence-electron chi connectivity index (χ1n) is 12.1. The minimum absolute atomic E-state index is 0.0754. The number of sulfone groups is 1. The van der Waals surface area contributed by atoms with E-state index in [1.807, 2.05) is 6.07 Å². The molecule has 0 fully saturated rings. The number of aromatic nitrogens is 1. The van der Waals surface area contributed by atoms with Gasteiger partial charge in [-0.05, 0) is 19.1 Å². The number of nitriles is 1. The van der Waals surface area contributed by atoms with Gasteiger partial charge in [-0.3, -0.25) is 13.7 Å². The molecule has 0 amide bonds. The van der Waals surface area contributed by atoms with Gasteiger partial charge < -0.3 is 10.6 Å². The molecule has 1 heterocycles. The molecule has 0 unspecified atom stereocenters. The van der Waals surface area contributed by atoms with E-state index in [4.69, 9.17) is 4.55 Å². The fraction of sp³-hybridized carbons (Fsp3) is 0.217. The van der Waals surface area contributed by atoms with Crippen LogP contribution in [-0.2, 0) is 44.7 Å². The van der Waals surface area contributed by atoms with Crippen molar-refractivity contribution in [3.63, 3.8) is 0 Å². The lowest BCUT2D eigenvalue weighted by molar-refractivity contribution is 0.278. The number of benzene rings is 2. The average Bonchev–Trinajstić information content (AvgIpc) is 2.92. The molecule has 45 heavy (non-hydrogen) atoms. The molecule has 0 aliphatic rings. The van der Waals surface area contributed by atoms with Gasteiger partial charge in [0.1, 0.15) is 33.1 Å². The zero-order chi connectivity index (χ0) is 33.8. The summed E-state index contributed by atoms with van der Waals surface area (Å²) in [6, 6.07) is 7.29. The van der Waals surface area contributed by atoms with Crippen LogP contribution in [0.3, 0.4) is 0 Å². The van der Waals surface area contributed by atoms with Crippen LogP contribution in [0.2, 0.25) is 0 Å². The topological polar surface area (TPSA) is 292 Å². The van der Waals surface area contributed by atoms with Gasteiger partial charge >= 0.3 is 10.4 Å². The molecule has 0 saturated carbocycles. The van der Waals surface area contributed by atoms with Gasteiger partial charge in [0.25, 0.3) is 20.2 Å². The van der Waals surface area contributed by atoms with Crippen molar-refractivity contribution >= 4 is 74.3 Å². The number of rotatable bonds is 14. The second kappa shape index (κ2) is 13.5. The normalized spacial score (nSPS) is 12.7. The summed E-state index contributed by atoms with van der Waals surface area (Å²) < 4.78 is 126. The summed E-state index contributed by atoms with van der Waals surface area (Å²) in [5.74, 6) is -0.758. The Balaban J connectivity index is 2.19. The quantitative estimate of drug-likeness (QED) is 0.0915. The number of azo groups is 1. The Morgan fingerprint density at radius 2 is 1.60 bits per heavy atom. The molecular formula is C23H24N6O12S4. The van der Waals surface area contributed by atoms with Crippen molar-refractivity contribution < 1.29 is 51.5 Å². The minimum Gasteiger partial charge on any atom is -0.367 e. The van der Waals surface area contributed by atoms with Gasteiger partial charge in [-0.25, -0.2) is 17.6 Å². The third-order valence-electron chi connectivity index (χ3n) is 5.83. The standard InChI is InChI=1S/C23H24N6O12S4/c1-3-42(30,31)12-10-26-23-20(14(2)17(13-24)22(27-23)25-9-11-41-45(38,39)40)29-28-18-8-7-15-16(21(18)44(35,36)37)5-4-6-19(15)43(32,33)34/h3-8H,1,9-12H2,2H3,(H2,25,26,27)(H,32,33,34)(H,35,36,37)(H,38,39,40). The van der Waals surface area contributed by atoms with Crippen molar-refractivity contribution in [3.05, 3.63) is 53.4 Å². The highest BCUT2D eigenvalue weighted by molar-refractivity contribution is 7.94. The van der Waals surface area contributed by atoms with E-state index in [2.05, 4.69) is 36.6 Å². The van der Waals surface area contributed by atoms with Crippen LogP contribution >= 0.6 is 0 Å². The first-order valence-corrected chi connectivity index (χ1v) is 18.1. The Hall–Kier alpha value is -4.08. The molecule has 18 nitrogen and oxygen atoms in total. The molecule has 3 rings (SSSR count). The van der Waals surface area contributed by atoms with E-state index >= 15 is 0 Å². The minimum atomic E-state index is -5.10. The number of hydrogen-bond acceptors (Lipinski definition) is 15. The Kier molecular flexibility index (Phi) is 10.6. The summed E-state index contributed by atoms with van der Waals surface area (Å²) in [7, 11) is -18.3. The molecule has 242 valence electrons. The summed E-state index contributed by atoms with van der Waals surface area (Å²) in [5.41, 5.74) is -0.742. The maximum atomic E-state index is 12.4. The highest BCUT2D eigenvalue weighted by Gasteiger charge is 2.24. The fourth-order valence-corrected chi connectivity index (χ4v) is 6.27. The zero-order valence-electron chi connectivity index (χ0n) is 22.9. The fourth-order valence-electron chi connectivity index (χ4n) is 3.88. The second-order valence-electron chi connectivity index (χ2n) is 8.82. The van der Waals surface area contributed by atoms with E-state index < -0.39 is 68.3 Å². The van der Waals surface area contributed by atoms with Crippen molar-refractivity contribution in [2.45, 2.75) is 16.7 Å². The predicted octanol–water partition coefficient (Wildman–Crippen LogP) is 2.53. The van der Waals surface area contributed by atoms with Gasteiger partial charge in [-0.2, -0.15) is 30.5 Å². The number of anilines is 2. The number of hydrogen-bond donors (Lipinski definition) is 5. The average molecular weight is 705 g/mol. The van der Waals surface area contributed by atoms with Crippen LogP contribution in [0.4, 0.5) is 23.0 Å². The Morgan fingerprint density at radius 1 is 0.933 bits per heavy atom. The summed E-state index contributed by atoms with van der Waals surface area (Å²) in [5, 5.41) is 23.2. The van der Waals surface area contributed by atoms with E-state index in [1.54, 1.807) is 0 Å². The van der Waals surface area contributed by atoms with Crippen molar-refractivity contribution in [1.82, 2.24) is 4.98 Å². The van der Waals surface area contributed by atoms with E-state index in [0.29, 0.717) is 0 Å². The predicted molar refractivity (Wildman–Crippen MR) is 160 cm³/mol. The Morgan fingerprint density at radius 3 is 2.18 bits per heavy atom. The summed E-state index contributed by atoms with van der Waals surface area (Å²) in [6.07, 6.45) is 0. The summed E-state index contributed by atoms with van der Waals surface area (Å²) >= 11 is 0. The lowest BCUT2D eigenvalue weighted by atomic mass is 10.1. The molecule has 22 heteroatoms. The summed E-state index contributed by atoms with van der Waals surface area (Å²) in [6.45, 7) is 3.51. The Bertz CT molecular complexity index is 2180. The monoisotopic (exact) mass is 704 g/mol. The molecule has 0 spiro atoms. The van der Waals surface area contributed by atoms with Crippen LogP contribution in [0, 0.1) is 18.3 Å². The number of nitrogens with zero attached hydrogens (tertiary/aromatic N) is 4. The lowest BCUT2D eigenvalue weighted by Gasteiger charge is -2.15. The van der Waals surface area contributed by atoms with Gasteiger partial charge in [0.15, 0.2) is 15.7 Å². The van der Waals surface area contributed by atoms with E-state index in [1.165, 1.54) is 6.92 Å². The molecule has 0 aliphatic carbocycles. The largest absolute Gasteiger partial charge is 0.397 e. The van der Waals surface area contributed by atoms with E-state index in [0.717, 1.165) is 35.7 Å². The molecule has 0 saturated heterocycles. The van der Waals surface area contributed by atoms with E-state index in [-0.39, 0.29) is 52.3 Å². The Labute approximate surface area is 257 Å². The number of pyridine rings is 1. The van der Waals surface area contributed by atoms with Crippen molar-refractivity contribution in [2.24, 2.45) is 10.2 Å². The SMILES string of the molecule is C=CS(=O)(=O)CCNc1nc(NCCOS(=O)(=O)O)c(C#N)c(C)c1N=Nc1ccc2c(S(=O)(=O)O)cccc2c1S(=O)(=O)O.